The maximum absolute atomic E-state index is 12.4. The van der Waals surface area contributed by atoms with E-state index in [0.717, 1.165) is 25.7 Å². The first-order valence-corrected chi connectivity index (χ1v) is 6.59. The lowest BCUT2D eigenvalue weighted by Crippen LogP contribution is -2.44. The molecule has 0 aromatic carbocycles. The van der Waals surface area contributed by atoms with E-state index in [1.54, 1.807) is 0 Å². The van der Waals surface area contributed by atoms with Gasteiger partial charge in [0, 0.05) is 6.04 Å². The monoisotopic (exact) mass is 276 g/mol. The smallest absolute Gasteiger partial charge is 0.309 e. The zero-order valence-electron chi connectivity index (χ0n) is 10.3. The molecule has 3 atom stereocenters. The number of hydrogen-bond acceptors (Lipinski definition) is 2. The van der Waals surface area contributed by atoms with Gasteiger partial charge in [0.25, 0.3) is 5.91 Å². The normalized spacial score (nSPS) is 34.8. The summed E-state index contributed by atoms with van der Waals surface area (Å²) in [6, 6.07) is -1.43. The molecule has 106 valence electrons. The van der Waals surface area contributed by atoms with E-state index in [1.165, 1.54) is 4.90 Å². The third kappa shape index (κ3) is 1.99. The van der Waals surface area contributed by atoms with Crippen LogP contribution in [0.2, 0.25) is 0 Å². The van der Waals surface area contributed by atoms with Crippen LogP contribution in [0.1, 0.15) is 32.1 Å². The zero-order chi connectivity index (χ0) is 13.8. The van der Waals surface area contributed by atoms with Gasteiger partial charge in [-0.3, -0.25) is 9.69 Å². The summed E-state index contributed by atoms with van der Waals surface area (Å²) >= 11 is 0. The molecule has 2 heterocycles. The fourth-order valence-corrected chi connectivity index (χ4v) is 3.69. The summed E-state index contributed by atoms with van der Waals surface area (Å²) in [4.78, 5) is 25.8. The third-order valence-corrected chi connectivity index (χ3v) is 4.43. The molecular weight excluding hydrogens is 261 g/mol. The lowest BCUT2D eigenvalue weighted by molar-refractivity contribution is -0.153. The van der Waals surface area contributed by atoms with Gasteiger partial charge in [0.2, 0.25) is 0 Å². The number of halogens is 3. The van der Waals surface area contributed by atoms with Crippen molar-refractivity contribution in [2.24, 2.45) is 5.92 Å². The molecule has 4 nitrogen and oxygen atoms in total. The van der Waals surface area contributed by atoms with Crippen LogP contribution in [0.5, 0.6) is 0 Å². The molecule has 3 unspecified atom stereocenters. The topological polar surface area (TPSA) is 40.6 Å². The van der Waals surface area contributed by atoms with E-state index in [4.69, 9.17) is 0 Å². The standard InChI is InChI=1S/C12H15F3N2O2/c13-12(14,15)6-16-10(18)9-5-7-3-1-2-4-8(7)17(9)11(16)19/h7-9H,1-6H2. The molecule has 3 fully saturated rings. The Morgan fingerprint density at radius 1 is 1.16 bits per heavy atom. The van der Waals surface area contributed by atoms with Gasteiger partial charge in [-0.15, -0.1) is 0 Å². The Balaban J connectivity index is 1.81. The summed E-state index contributed by atoms with van der Waals surface area (Å²) in [5.41, 5.74) is 0. The first kappa shape index (κ1) is 12.7. The summed E-state index contributed by atoms with van der Waals surface area (Å²) in [7, 11) is 0. The summed E-state index contributed by atoms with van der Waals surface area (Å²) in [6.45, 7) is -1.46. The van der Waals surface area contributed by atoms with E-state index in [2.05, 4.69) is 0 Å². The van der Waals surface area contributed by atoms with E-state index in [1.807, 2.05) is 0 Å². The van der Waals surface area contributed by atoms with Crippen LogP contribution < -0.4 is 0 Å². The van der Waals surface area contributed by atoms with Crippen molar-refractivity contribution in [3.8, 4) is 0 Å². The Kier molecular flexibility index (Phi) is 2.76. The molecule has 2 aliphatic heterocycles. The number of alkyl halides is 3. The fourth-order valence-electron chi connectivity index (χ4n) is 3.69. The van der Waals surface area contributed by atoms with E-state index in [9.17, 15) is 22.8 Å². The zero-order valence-corrected chi connectivity index (χ0v) is 10.3. The third-order valence-electron chi connectivity index (χ3n) is 4.43. The van der Waals surface area contributed by atoms with E-state index >= 15 is 0 Å². The van der Waals surface area contributed by atoms with Gasteiger partial charge in [-0.25, -0.2) is 4.79 Å². The quantitative estimate of drug-likeness (QED) is 0.688. The van der Waals surface area contributed by atoms with Gasteiger partial charge in [0.1, 0.15) is 12.6 Å². The van der Waals surface area contributed by atoms with Crippen LogP contribution in [0.4, 0.5) is 18.0 Å². The number of carbonyl (C=O) groups excluding carboxylic acids is 2. The highest BCUT2D eigenvalue weighted by atomic mass is 19.4. The number of urea groups is 1. The maximum atomic E-state index is 12.4. The Hall–Kier alpha value is -1.27. The number of fused-ring (bicyclic) bond motifs is 3. The van der Waals surface area contributed by atoms with Gasteiger partial charge in [-0.1, -0.05) is 12.8 Å². The molecule has 3 amide bonds. The summed E-state index contributed by atoms with van der Waals surface area (Å²) in [5.74, 6) is -0.378. The molecule has 1 aliphatic carbocycles. The molecule has 3 rings (SSSR count). The Labute approximate surface area is 108 Å². The predicted molar refractivity (Wildman–Crippen MR) is 59.2 cm³/mol. The molecule has 0 bridgehead atoms. The molecule has 0 spiro atoms. The SMILES string of the molecule is O=C1C2CC3CCCCC3N2C(=O)N1CC(F)(F)F. The fraction of sp³-hybridized carbons (Fsp3) is 0.833. The van der Waals surface area contributed by atoms with Crippen molar-refractivity contribution < 1.29 is 22.8 Å². The molecule has 3 aliphatic rings. The van der Waals surface area contributed by atoms with Crippen LogP contribution in [0, 0.1) is 5.92 Å². The van der Waals surface area contributed by atoms with Crippen molar-refractivity contribution in [1.29, 1.82) is 0 Å². The minimum absolute atomic E-state index is 0.0339. The van der Waals surface area contributed by atoms with Gasteiger partial charge in [0.15, 0.2) is 0 Å². The highest BCUT2D eigenvalue weighted by Crippen LogP contribution is 2.43. The molecule has 0 aromatic rings. The van der Waals surface area contributed by atoms with Gasteiger partial charge in [-0.05, 0) is 25.2 Å². The molecule has 0 radical (unpaired) electrons. The maximum Gasteiger partial charge on any atom is 0.406 e. The van der Waals surface area contributed by atoms with E-state index in [0.29, 0.717) is 17.2 Å². The number of imide groups is 1. The van der Waals surface area contributed by atoms with Crippen LogP contribution in [0.15, 0.2) is 0 Å². The van der Waals surface area contributed by atoms with E-state index in [-0.39, 0.29) is 6.04 Å². The predicted octanol–water partition coefficient (Wildman–Crippen LogP) is 2.14. The Morgan fingerprint density at radius 3 is 2.53 bits per heavy atom. The second-order valence-corrected chi connectivity index (χ2v) is 5.59. The van der Waals surface area contributed by atoms with Crippen LogP contribution in [-0.4, -0.2) is 46.5 Å². The second kappa shape index (κ2) is 4.11. The van der Waals surface area contributed by atoms with E-state index < -0.39 is 30.7 Å². The minimum atomic E-state index is -4.53. The van der Waals surface area contributed by atoms with Crippen molar-refractivity contribution in [3.05, 3.63) is 0 Å². The van der Waals surface area contributed by atoms with Crippen LogP contribution in [0.3, 0.4) is 0 Å². The van der Waals surface area contributed by atoms with Gasteiger partial charge in [-0.2, -0.15) is 13.2 Å². The summed E-state index contributed by atoms with van der Waals surface area (Å²) in [6.07, 6.45) is -0.167. The summed E-state index contributed by atoms with van der Waals surface area (Å²) in [5, 5.41) is 0. The molecule has 2 saturated heterocycles. The Bertz CT molecular complexity index is 424. The first-order valence-electron chi connectivity index (χ1n) is 6.59. The van der Waals surface area contributed by atoms with Crippen LogP contribution >= 0.6 is 0 Å². The van der Waals surface area contributed by atoms with Crippen molar-refractivity contribution in [2.75, 3.05) is 6.54 Å². The number of amides is 3. The molecule has 0 N–H and O–H groups in total. The molecule has 1 saturated carbocycles. The summed E-state index contributed by atoms with van der Waals surface area (Å²) < 4.78 is 37.2. The number of rotatable bonds is 1. The van der Waals surface area contributed by atoms with Crippen molar-refractivity contribution >= 4 is 11.9 Å². The average molecular weight is 276 g/mol. The largest absolute Gasteiger partial charge is 0.406 e. The molecular formula is C12H15F3N2O2. The van der Waals surface area contributed by atoms with Gasteiger partial charge < -0.3 is 4.90 Å². The average Bonchev–Trinajstić information content (AvgIpc) is 2.80. The van der Waals surface area contributed by atoms with Crippen molar-refractivity contribution in [2.45, 2.75) is 50.4 Å². The molecule has 19 heavy (non-hydrogen) atoms. The molecule has 7 heteroatoms. The second-order valence-electron chi connectivity index (χ2n) is 5.59. The van der Waals surface area contributed by atoms with Crippen molar-refractivity contribution in [1.82, 2.24) is 9.80 Å². The van der Waals surface area contributed by atoms with Crippen LogP contribution in [0.25, 0.3) is 0 Å². The highest BCUT2D eigenvalue weighted by molar-refractivity contribution is 6.04. The number of nitrogens with zero attached hydrogens (tertiary/aromatic N) is 2. The lowest BCUT2D eigenvalue weighted by atomic mass is 9.84. The molecule has 0 aromatic heterocycles. The highest BCUT2D eigenvalue weighted by Gasteiger charge is 2.57. The van der Waals surface area contributed by atoms with Crippen LogP contribution in [-0.2, 0) is 4.79 Å². The first-order chi connectivity index (χ1) is 8.88. The number of hydrogen-bond donors (Lipinski definition) is 0. The lowest BCUT2D eigenvalue weighted by Gasteiger charge is -2.31. The Morgan fingerprint density at radius 2 is 1.84 bits per heavy atom. The minimum Gasteiger partial charge on any atom is -0.309 e. The van der Waals surface area contributed by atoms with Crippen molar-refractivity contribution in [3.63, 3.8) is 0 Å². The number of carbonyl (C=O) groups is 2. The van der Waals surface area contributed by atoms with Gasteiger partial charge in [0.05, 0.1) is 0 Å². The van der Waals surface area contributed by atoms with Gasteiger partial charge >= 0.3 is 12.2 Å².